The van der Waals surface area contributed by atoms with Gasteiger partial charge in [0, 0.05) is 11.0 Å². The Morgan fingerprint density at radius 2 is 2.00 bits per heavy atom. The highest BCUT2D eigenvalue weighted by Crippen LogP contribution is 2.46. The summed E-state index contributed by atoms with van der Waals surface area (Å²) in [6, 6.07) is 3.65. The number of halogens is 1. The molecule has 0 aromatic heterocycles. The van der Waals surface area contributed by atoms with Crippen LogP contribution >= 0.6 is 0 Å². The predicted octanol–water partition coefficient (Wildman–Crippen LogP) is 2.19. The lowest BCUT2D eigenvalue weighted by molar-refractivity contribution is -0.228. The van der Waals surface area contributed by atoms with Crippen molar-refractivity contribution in [3.8, 4) is 0 Å². The van der Waals surface area contributed by atoms with Crippen molar-refractivity contribution in [2.24, 2.45) is 5.41 Å². The highest BCUT2D eigenvalue weighted by molar-refractivity contribution is 5.94. The first-order valence-electron chi connectivity index (χ1n) is 5.01. The van der Waals surface area contributed by atoms with Crippen molar-refractivity contribution in [2.75, 3.05) is 0 Å². The Morgan fingerprint density at radius 3 is 2.56 bits per heavy atom. The summed E-state index contributed by atoms with van der Waals surface area (Å²) >= 11 is 0. The van der Waals surface area contributed by atoms with Crippen molar-refractivity contribution < 1.29 is 19.0 Å². The number of aliphatic hydroxyl groups is 1. The molecule has 0 saturated carbocycles. The molecule has 0 radical (unpaired) electrons. The third-order valence-corrected chi connectivity index (χ3v) is 2.82. The van der Waals surface area contributed by atoms with E-state index in [0.29, 0.717) is 0 Å². The first-order valence-corrected chi connectivity index (χ1v) is 5.01. The van der Waals surface area contributed by atoms with Crippen LogP contribution in [-0.4, -0.2) is 11.1 Å². The van der Waals surface area contributed by atoms with Crippen LogP contribution in [0.25, 0.3) is 0 Å². The highest BCUT2D eigenvalue weighted by Gasteiger charge is 2.52. The van der Waals surface area contributed by atoms with Gasteiger partial charge in [-0.3, -0.25) is 0 Å². The van der Waals surface area contributed by atoms with E-state index in [-0.39, 0.29) is 11.1 Å². The molecule has 1 aliphatic rings. The average molecular weight is 224 g/mol. The summed E-state index contributed by atoms with van der Waals surface area (Å²) in [6.45, 7) is 5.17. The summed E-state index contributed by atoms with van der Waals surface area (Å²) in [5.74, 6) is -2.88. The lowest BCUT2D eigenvalue weighted by Crippen LogP contribution is -2.40. The fourth-order valence-corrected chi connectivity index (χ4v) is 1.78. The van der Waals surface area contributed by atoms with Gasteiger partial charge in [-0.25, -0.2) is 9.18 Å². The van der Waals surface area contributed by atoms with Gasteiger partial charge < -0.3 is 9.84 Å². The van der Waals surface area contributed by atoms with E-state index in [4.69, 9.17) is 4.74 Å². The number of rotatable bonds is 0. The maximum Gasteiger partial charge on any atom is 0.341 e. The number of carbonyl (C=O) groups is 1. The zero-order valence-electron chi connectivity index (χ0n) is 9.37. The van der Waals surface area contributed by atoms with Crippen LogP contribution in [0.1, 0.15) is 36.7 Å². The van der Waals surface area contributed by atoms with Gasteiger partial charge in [0.15, 0.2) is 0 Å². The second kappa shape index (κ2) is 3.04. The molecule has 16 heavy (non-hydrogen) atoms. The fraction of sp³-hybridized carbons (Fsp3) is 0.417. The average Bonchev–Trinajstić information content (AvgIpc) is 2.39. The first kappa shape index (κ1) is 11.1. The molecule has 4 heteroatoms. The molecule has 1 unspecified atom stereocenters. The number of ether oxygens (including phenoxy) is 1. The van der Waals surface area contributed by atoms with E-state index in [1.54, 1.807) is 20.8 Å². The zero-order chi connectivity index (χ0) is 12.1. The molecule has 86 valence electrons. The molecule has 0 fully saturated rings. The summed E-state index contributed by atoms with van der Waals surface area (Å²) in [6.07, 6.45) is 0. The third-order valence-electron chi connectivity index (χ3n) is 2.82. The van der Waals surface area contributed by atoms with E-state index >= 15 is 0 Å². The van der Waals surface area contributed by atoms with Crippen molar-refractivity contribution >= 4 is 5.97 Å². The van der Waals surface area contributed by atoms with Crippen LogP contribution in [0, 0.1) is 11.2 Å². The third kappa shape index (κ3) is 1.33. The largest absolute Gasteiger partial charge is 0.425 e. The lowest BCUT2D eigenvalue weighted by atomic mass is 9.81. The van der Waals surface area contributed by atoms with E-state index < -0.39 is 23.0 Å². The molecule has 1 atom stereocenters. The fourth-order valence-electron chi connectivity index (χ4n) is 1.78. The Balaban J connectivity index is 2.66. The van der Waals surface area contributed by atoms with Crippen molar-refractivity contribution in [3.05, 3.63) is 35.1 Å². The van der Waals surface area contributed by atoms with Gasteiger partial charge in [-0.05, 0) is 18.2 Å². The Hall–Kier alpha value is -1.42. The van der Waals surface area contributed by atoms with Gasteiger partial charge in [-0.2, -0.15) is 0 Å². The van der Waals surface area contributed by atoms with Crippen LogP contribution in [0.5, 0.6) is 0 Å². The molecular weight excluding hydrogens is 211 g/mol. The number of benzene rings is 1. The quantitative estimate of drug-likeness (QED) is 0.687. The van der Waals surface area contributed by atoms with Crippen LogP contribution in [-0.2, 0) is 10.5 Å². The molecule has 1 aromatic rings. The minimum Gasteiger partial charge on any atom is -0.425 e. The lowest BCUT2D eigenvalue weighted by Gasteiger charge is -2.35. The van der Waals surface area contributed by atoms with Gasteiger partial charge in [0.1, 0.15) is 5.82 Å². The van der Waals surface area contributed by atoms with E-state index in [1.165, 1.54) is 12.1 Å². The maximum atomic E-state index is 13.1. The number of carbonyl (C=O) groups excluding carboxylic acids is 1. The standard InChI is InChI=1S/C12H13FO3/c1-11(2,3)12(15)9-6-7(13)4-5-8(9)10(14)16-12/h4-6,15H,1-3H3. The van der Waals surface area contributed by atoms with Crippen molar-refractivity contribution in [1.29, 1.82) is 0 Å². The van der Waals surface area contributed by atoms with Gasteiger partial charge in [-0.15, -0.1) is 0 Å². The molecule has 0 bridgehead atoms. The van der Waals surface area contributed by atoms with Crippen molar-refractivity contribution in [3.63, 3.8) is 0 Å². The molecule has 0 amide bonds. The molecular formula is C12H13FO3. The molecule has 0 saturated heterocycles. The number of fused-ring (bicyclic) bond motifs is 1. The minimum atomic E-state index is -1.76. The van der Waals surface area contributed by atoms with E-state index in [0.717, 1.165) is 6.07 Å². The van der Waals surface area contributed by atoms with Crippen LogP contribution in [0.15, 0.2) is 18.2 Å². The number of hydrogen-bond donors (Lipinski definition) is 1. The summed E-state index contributed by atoms with van der Waals surface area (Å²) in [4.78, 5) is 11.5. The van der Waals surface area contributed by atoms with Gasteiger partial charge in [-0.1, -0.05) is 20.8 Å². The highest BCUT2D eigenvalue weighted by atomic mass is 19.1. The van der Waals surface area contributed by atoms with Gasteiger partial charge in [0.2, 0.25) is 5.79 Å². The monoisotopic (exact) mass is 224 g/mol. The molecule has 3 nitrogen and oxygen atoms in total. The molecule has 1 aliphatic heterocycles. The van der Waals surface area contributed by atoms with Crippen LogP contribution < -0.4 is 0 Å². The Bertz CT molecular complexity index is 462. The SMILES string of the molecule is CC(C)(C)C1(O)OC(=O)c2ccc(F)cc21. The zero-order valence-corrected chi connectivity index (χ0v) is 9.37. The van der Waals surface area contributed by atoms with Gasteiger partial charge >= 0.3 is 5.97 Å². The molecule has 1 N–H and O–H groups in total. The van der Waals surface area contributed by atoms with E-state index in [1.807, 2.05) is 0 Å². The first-order chi connectivity index (χ1) is 7.25. The maximum absolute atomic E-state index is 13.1. The number of hydrogen-bond acceptors (Lipinski definition) is 3. The summed E-state index contributed by atoms with van der Waals surface area (Å²) in [7, 11) is 0. The summed E-state index contributed by atoms with van der Waals surface area (Å²) < 4.78 is 18.1. The Labute approximate surface area is 92.9 Å². The molecule has 0 aliphatic carbocycles. The van der Waals surface area contributed by atoms with Crippen molar-refractivity contribution in [2.45, 2.75) is 26.6 Å². The van der Waals surface area contributed by atoms with Crippen LogP contribution in [0.4, 0.5) is 4.39 Å². The molecule has 1 heterocycles. The smallest absolute Gasteiger partial charge is 0.341 e. The summed E-state index contributed by atoms with van der Waals surface area (Å²) in [5, 5.41) is 10.4. The molecule has 1 aromatic carbocycles. The Morgan fingerprint density at radius 1 is 1.38 bits per heavy atom. The predicted molar refractivity (Wildman–Crippen MR) is 55.2 cm³/mol. The van der Waals surface area contributed by atoms with Crippen LogP contribution in [0.3, 0.4) is 0 Å². The van der Waals surface area contributed by atoms with Crippen LogP contribution in [0.2, 0.25) is 0 Å². The summed E-state index contributed by atoms with van der Waals surface area (Å²) in [5.41, 5.74) is -0.300. The number of esters is 1. The second-order valence-electron chi connectivity index (χ2n) is 4.97. The topological polar surface area (TPSA) is 46.5 Å². The van der Waals surface area contributed by atoms with Gasteiger partial charge in [0.25, 0.3) is 0 Å². The number of cyclic esters (lactones) is 1. The Kier molecular flexibility index (Phi) is 2.11. The second-order valence-corrected chi connectivity index (χ2v) is 4.97. The van der Waals surface area contributed by atoms with Crippen molar-refractivity contribution in [1.82, 2.24) is 0 Å². The van der Waals surface area contributed by atoms with E-state index in [2.05, 4.69) is 0 Å². The molecule has 2 rings (SSSR count). The van der Waals surface area contributed by atoms with Gasteiger partial charge in [0.05, 0.1) is 5.56 Å². The normalized spacial score (nSPS) is 24.2. The minimum absolute atomic E-state index is 0.199. The molecule has 0 spiro atoms. The van der Waals surface area contributed by atoms with E-state index in [9.17, 15) is 14.3 Å².